The first-order valence-electron chi connectivity index (χ1n) is 14.5. The van der Waals surface area contributed by atoms with Gasteiger partial charge in [-0.15, -0.1) is 0 Å². The monoisotopic (exact) mass is 1080 g/mol. The molecule has 270 valence electrons. The van der Waals surface area contributed by atoms with Crippen molar-refractivity contribution in [3.8, 4) is 5.75 Å². The number of carbonyl (C=O) groups is 4. The van der Waals surface area contributed by atoms with Gasteiger partial charge in [-0.1, -0.05) is 42.2 Å². The summed E-state index contributed by atoms with van der Waals surface area (Å²) in [5.74, 6) is -1.72. The molecule has 0 bridgehead atoms. The average Bonchev–Trinajstić information content (AvgIpc) is 3.71. The van der Waals surface area contributed by atoms with Crippen molar-refractivity contribution in [2.45, 2.75) is 58.1 Å². The van der Waals surface area contributed by atoms with Gasteiger partial charge in [0.05, 0.1) is 24.0 Å². The van der Waals surface area contributed by atoms with E-state index in [-0.39, 0.29) is 64.5 Å². The predicted molar refractivity (Wildman–Crippen MR) is 198 cm³/mol. The Kier molecular flexibility index (Phi) is 12.5. The van der Waals surface area contributed by atoms with Gasteiger partial charge in [-0.3, -0.25) is 19.2 Å². The minimum atomic E-state index is -1.41. The van der Waals surface area contributed by atoms with Crippen LogP contribution in [-0.4, -0.2) is 114 Å². The number of Topliss-reactive ketones (excluding diaryl/α,β-unsaturated/α-hetero) is 2. The van der Waals surface area contributed by atoms with Gasteiger partial charge in [0.15, 0.2) is 22.8 Å². The molecular formula is C29H26Br6N4O11. The lowest BCUT2D eigenvalue weighted by molar-refractivity contribution is -0.125. The average molecular weight is 1090 g/mol. The highest BCUT2D eigenvalue weighted by Gasteiger charge is 2.54. The van der Waals surface area contributed by atoms with E-state index < -0.39 is 57.1 Å². The van der Waals surface area contributed by atoms with Gasteiger partial charge in [-0.05, 0) is 93.6 Å². The lowest BCUT2D eigenvalue weighted by Crippen LogP contribution is -2.52. The summed E-state index contributed by atoms with van der Waals surface area (Å²) in [6, 6.07) is 3.13. The first kappa shape index (κ1) is 39.6. The van der Waals surface area contributed by atoms with Crippen molar-refractivity contribution >= 4 is 130 Å². The van der Waals surface area contributed by atoms with Gasteiger partial charge in [0.25, 0.3) is 11.8 Å². The van der Waals surface area contributed by atoms with E-state index >= 15 is 0 Å². The molecule has 2 aliphatic heterocycles. The molecule has 21 heteroatoms. The molecule has 5 rings (SSSR count). The van der Waals surface area contributed by atoms with E-state index in [0.29, 0.717) is 20.3 Å². The molecule has 0 radical (unpaired) electrons. The quantitative estimate of drug-likeness (QED) is 0.187. The van der Waals surface area contributed by atoms with Crippen molar-refractivity contribution in [1.29, 1.82) is 0 Å². The van der Waals surface area contributed by atoms with Crippen LogP contribution in [0.1, 0.15) is 24.5 Å². The summed E-state index contributed by atoms with van der Waals surface area (Å²) in [5.41, 5.74) is -2.48. The number of ketones is 2. The highest BCUT2D eigenvalue weighted by Crippen LogP contribution is 2.41. The Balaban J connectivity index is 1.09. The third kappa shape index (κ3) is 8.01. The number of hydrogen-bond acceptors (Lipinski definition) is 13. The summed E-state index contributed by atoms with van der Waals surface area (Å²) in [6.07, 6.45) is -2.36. The lowest BCUT2D eigenvalue weighted by atomic mass is 9.83. The highest BCUT2D eigenvalue weighted by molar-refractivity contribution is 9.12. The van der Waals surface area contributed by atoms with Gasteiger partial charge >= 0.3 is 0 Å². The minimum absolute atomic E-state index is 0.0323. The Bertz CT molecular complexity index is 1720. The van der Waals surface area contributed by atoms with E-state index in [2.05, 4.69) is 117 Å². The van der Waals surface area contributed by atoms with Crippen LogP contribution in [0.5, 0.6) is 5.75 Å². The number of hydrogen-bond donors (Lipinski definition) is 6. The van der Waals surface area contributed by atoms with Gasteiger partial charge in [0, 0.05) is 25.9 Å². The number of carbonyl (C=O) groups excluding carboxylic acids is 4. The maximum Gasteiger partial charge on any atom is 0.269 e. The molecule has 0 saturated carbocycles. The largest absolute Gasteiger partial charge is 0.488 e. The Morgan fingerprint density at radius 1 is 0.840 bits per heavy atom. The number of nitrogens with one attached hydrogen (secondary N) is 2. The molecule has 6 N–H and O–H groups in total. The maximum atomic E-state index is 12.8. The van der Waals surface area contributed by atoms with Crippen LogP contribution in [0.4, 0.5) is 0 Å². The van der Waals surface area contributed by atoms with Crippen molar-refractivity contribution in [3.63, 3.8) is 0 Å². The van der Waals surface area contributed by atoms with Crippen LogP contribution in [0.3, 0.4) is 0 Å². The number of aliphatic hydroxyl groups excluding tert-OH is 4. The van der Waals surface area contributed by atoms with Crippen LogP contribution in [-0.2, 0) is 28.9 Å². The molecule has 2 heterocycles. The summed E-state index contributed by atoms with van der Waals surface area (Å²) in [6.45, 7) is -0.653. The lowest BCUT2D eigenvalue weighted by Gasteiger charge is -2.34. The molecule has 0 saturated heterocycles. The second-order valence-electron chi connectivity index (χ2n) is 11.6. The second kappa shape index (κ2) is 15.8. The van der Waals surface area contributed by atoms with E-state index in [1.807, 2.05) is 0 Å². The van der Waals surface area contributed by atoms with Gasteiger partial charge in [0.2, 0.25) is 0 Å². The van der Waals surface area contributed by atoms with Crippen LogP contribution in [0.15, 0.2) is 52.5 Å². The van der Waals surface area contributed by atoms with Crippen molar-refractivity contribution < 1.29 is 54.0 Å². The van der Waals surface area contributed by atoms with Gasteiger partial charge in [-0.2, -0.15) is 0 Å². The summed E-state index contributed by atoms with van der Waals surface area (Å²) >= 11 is 19.3. The molecule has 1 aromatic carbocycles. The summed E-state index contributed by atoms with van der Waals surface area (Å²) in [5, 5.41) is 55.2. The van der Waals surface area contributed by atoms with Crippen molar-refractivity contribution in [2.24, 2.45) is 10.3 Å². The van der Waals surface area contributed by atoms with Crippen molar-refractivity contribution in [3.05, 3.63) is 47.8 Å². The van der Waals surface area contributed by atoms with Crippen LogP contribution < -0.4 is 15.4 Å². The van der Waals surface area contributed by atoms with E-state index in [0.717, 1.165) is 0 Å². The van der Waals surface area contributed by atoms with E-state index in [1.54, 1.807) is 12.1 Å². The molecule has 0 aromatic heterocycles. The number of allylic oxidation sites excluding steroid dienone is 2. The third-order valence-electron chi connectivity index (χ3n) is 8.11. The first-order valence-corrected chi connectivity index (χ1v) is 19.5. The predicted octanol–water partition coefficient (Wildman–Crippen LogP) is 2.22. The van der Waals surface area contributed by atoms with E-state index in [4.69, 9.17) is 14.4 Å². The summed E-state index contributed by atoms with van der Waals surface area (Å²) in [7, 11) is 0. The van der Waals surface area contributed by atoms with Gasteiger partial charge < -0.3 is 45.5 Å². The molecule has 2 amide bonds. The fraction of sp³-hybridized carbons (Fsp3) is 0.448. The molecule has 15 nitrogen and oxygen atoms in total. The Labute approximate surface area is 334 Å². The fourth-order valence-electron chi connectivity index (χ4n) is 5.31. The normalized spacial score (nSPS) is 30.1. The van der Waals surface area contributed by atoms with Crippen molar-refractivity contribution in [1.82, 2.24) is 10.6 Å². The van der Waals surface area contributed by atoms with Crippen LogP contribution >= 0.6 is 95.6 Å². The Hall–Kier alpha value is -1.56. The van der Waals surface area contributed by atoms with Gasteiger partial charge in [0.1, 0.15) is 51.7 Å². The van der Waals surface area contributed by atoms with Crippen LogP contribution in [0, 0.1) is 0 Å². The molecule has 8 atom stereocenters. The minimum Gasteiger partial charge on any atom is -0.488 e. The first-order chi connectivity index (χ1) is 23.5. The zero-order valence-electron chi connectivity index (χ0n) is 25.1. The van der Waals surface area contributed by atoms with Gasteiger partial charge in [-0.25, -0.2) is 0 Å². The topological polar surface area (TPSA) is 226 Å². The third-order valence-corrected chi connectivity index (χ3v) is 12.4. The van der Waals surface area contributed by atoms with Crippen LogP contribution in [0.25, 0.3) is 0 Å². The molecule has 2 spiro atoms. The van der Waals surface area contributed by atoms with Crippen molar-refractivity contribution in [2.75, 3.05) is 19.7 Å². The Morgan fingerprint density at radius 3 is 1.74 bits per heavy atom. The number of alkyl halides is 2. The molecule has 4 aliphatic rings. The molecule has 50 heavy (non-hydrogen) atoms. The standard InChI is InChI=1S/C29H26Br6N4O11/c30-12-1-10(18(41)8-37-27(47)17-6-29(50-39-17)4-15(33)22(43)20(35)25(29)45)2-13(31)23(12)48-9-11(40)7-36-26(46)16-5-28(49-38-16)3-14(32)21(42)19(34)24(28)44/h1-4,11,18-20,24-25,40-41,44-45H,5-9H2,(H,36,46)(H,37,47)/t11?,18?,19-,20-,24-,25-,28+,29+/m0/s1. The molecule has 2 aliphatic carbocycles. The zero-order valence-corrected chi connectivity index (χ0v) is 34.6. The smallest absolute Gasteiger partial charge is 0.269 e. The number of benzene rings is 1. The summed E-state index contributed by atoms with van der Waals surface area (Å²) in [4.78, 5) is 58.6. The van der Waals surface area contributed by atoms with E-state index in [1.165, 1.54) is 12.2 Å². The number of halogens is 6. The Morgan fingerprint density at radius 2 is 1.28 bits per heavy atom. The maximum absolute atomic E-state index is 12.8. The zero-order chi connectivity index (χ0) is 36.7. The number of oxime groups is 2. The van der Waals surface area contributed by atoms with E-state index in [9.17, 15) is 39.6 Å². The van der Waals surface area contributed by atoms with Crippen LogP contribution in [0.2, 0.25) is 0 Å². The number of amides is 2. The molecule has 2 unspecified atom stereocenters. The highest BCUT2D eigenvalue weighted by atomic mass is 79.9. The number of ether oxygens (including phenoxy) is 1. The number of nitrogens with zero attached hydrogens (tertiary/aromatic N) is 2. The number of aliphatic hydroxyl groups is 4. The fourth-order valence-corrected chi connectivity index (χ4v) is 10.0. The molecule has 1 aromatic rings. The summed E-state index contributed by atoms with van der Waals surface area (Å²) < 4.78 is 6.94. The molecule has 0 fully saturated rings. The number of rotatable bonds is 10. The second-order valence-corrected chi connectivity index (χ2v) is 17.0. The molecular weight excluding hydrogens is 1060 g/mol. The SMILES string of the molecule is O=C(NCC(O)COc1c(Br)cc(C(O)CNC(=O)C2=NO[C@]3(C=C(Br)C(=O)[C@H](Br)[C@@H]3O)C2)cc1Br)C1=NO[C@]2(C=C(Br)C(=O)[C@H](Br)[C@@H]2O)C1.